The van der Waals surface area contributed by atoms with Gasteiger partial charge < -0.3 is 10.2 Å². The smallest absolute Gasteiger partial charge is 0.232 e. The van der Waals surface area contributed by atoms with E-state index >= 15 is 0 Å². The van der Waals surface area contributed by atoms with E-state index in [4.69, 9.17) is 0 Å². The molecular weight excluding hydrogens is 364 g/mol. The lowest BCUT2D eigenvalue weighted by Crippen LogP contribution is -2.52. The number of benzene rings is 1. The van der Waals surface area contributed by atoms with Crippen LogP contribution in [0.2, 0.25) is 0 Å². The van der Waals surface area contributed by atoms with Crippen LogP contribution < -0.4 is 10.2 Å². The number of hydrogen-bond donors (Lipinski definition) is 1. The van der Waals surface area contributed by atoms with Crippen molar-refractivity contribution in [1.82, 2.24) is 29.9 Å². The van der Waals surface area contributed by atoms with E-state index in [0.717, 1.165) is 10.2 Å². The van der Waals surface area contributed by atoms with Gasteiger partial charge in [-0.1, -0.05) is 22.6 Å². The molecule has 1 fully saturated rings. The molecule has 0 aliphatic carbocycles. The Hall–Kier alpha value is -3.14. The topological polar surface area (TPSA) is 102 Å². The summed E-state index contributed by atoms with van der Waals surface area (Å²) in [5.74, 6) is 0.583. The molecule has 27 heavy (non-hydrogen) atoms. The molecule has 5 rings (SSSR count). The molecule has 0 atom stereocenters. The average molecular weight is 380 g/mol. The lowest BCUT2D eigenvalue weighted by Gasteiger charge is -2.38. The molecule has 3 aromatic heterocycles. The molecule has 0 saturated carbocycles. The Balaban J connectivity index is 1.29. The number of amides is 1. The van der Waals surface area contributed by atoms with Crippen LogP contribution in [0, 0.1) is 12.8 Å². The van der Waals surface area contributed by atoms with Gasteiger partial charge in [0, 0.05) is 20.1 Å². The molecule has 10 heteroatoms. The SMILES string of the molecule is Cc1ccc2nc(NC(=O)C3CN(c4ncnc5c4nnn5C)C3)sc2c1. The maximum Gasteiger partial charge on any atom is 0.232 e. The van der Waals surface area contributed by atoms with Gasteiger partial charge >= 0.3 is 0 Å². The van der Waals surface area contributed by atoms with E-state index in [2.05, 4.69) is 36.6 Å². The van der Waals surface area contributed by atoms with Crippen molar-refractivity contribution in [3.8, 4) is 0 Å². The van der Waals surface area contributed by atoms with Crippen molar-refractivity contribution in [3.05, 3.63) is 30.1 Å². The van der Waals surface area contributed by atoms with Crippen molar-refractivity contribution in [2.24, 2.45) is 13.0 Å². The number of aromatic nitrogens is 6. The molecule has 1 amide bonds. The molecular formula is C17H16N8OS. The number of rotatable bonds is 3. The van der Waals surface area contributed by atoms with E-state index in [1.807, 2.05) is 24.0 Å². The summed E-state index contributed by atoms with van der Waals surface area (Å²) in [5.41, 5.74) is 3.42. The number of nitrogens with one attached hydrogen (secondary N) is 1. The van der Waals surface area contributed by atoms with Crippen molar-refractivity contribution in [1.29, 1.82) is 0 Å². The van der Waals surface area contributed by atoms with Gasteiger partial charge in [0.05, 0.1) is 16.1 Å². The minimum Gasteiger partial charge on any atom is -0.353 e. The zero-order valence-corrected chi connectivity index (χ0v) is 15.6. The lowest BCUT2D eigenvalue weighted by atomic mass is 9.99. The second kappa shape index (κ2) is 5.95. The minimum atomic E-state index is -0.111. The third kappa shape index (κ3) is 2.69. The average Bonchev–Trinajstić information content (AvgIpc) is 3.17. The fraction of sp³-hybridized carbons (Fsp3) is 0.294. The molecule has 4 heterocycles. The molecule has 9 nitrogen and oxygen atoms in total. The molecule has 0 unspecified atom stereocenters. The van der Waals surface area contributed by atoms with Crippen molar-refractivity contribution >= 4 is 49.6 Å². The Morgan fingerprint density at radius 3 is 3.00 bits per heavy atom. The molecule has 1 aliphatic heterocycles. The van der Waals surface area contributed by atoms with E-state index in [1.165, 1.54) is 23.2 Å². The number of carbonyl (C=O) groups excluding carboxylic acids is 1. The molecule has 1 aromatic carbocycles. The highest BCUT2D eigenvalue weighted by molar-refractivity contribution is 7.22. The van der Waals surface area contributed by atoms with Crippen LogP contribution in [0.5, 0.6) is 0 Å². The van der Waals surface area contributed by atoms with Crippen LogP contribution in [0.3, 0.4) is 0 Å². The number of anilines is 2. The summed E-state index contributed by atoms with van der Waals surface area (Å²) >= 11 is 1.50. The number of nitrogens with zero attached hydrogens (tertiary/aromatic N) is 7. The number of aryl methyl sites for hydroxylation is 2. The van der Waals surface area contributed by atoms with Gasteiger partial charge in [0.1, 0.15) is 6.33 Å². The maximum absolute atomic E-state index is 12.5. The predicted molar refractivity (Wildman–Crippen MR) is 103 cm³/mol. The number of fused-ring (bicyclic) bond motifs is 2. The lowest BCUT2D eigenvalue weighted by molar-refractivity contribution is -0.120. The summed E-state index contributed by atoms with van der Waals surface area (Å²) in [4.78, 5) is 27.6. The zero-order chi connectivity index (χ0) is 18.5. The normalized spacial score (nSPS) is 14.7. The van der Waals surface area contributed by atoms with Crippen molar-refractivity contribution < 1.29 is 4.79 Å². The fourth-order valence-electron chi connectivity index (χ4n) is 3.18. The van der Waals surface area contributed by atoms with Gasteiger partial charge in [-0.3, -0.25) is 4.79 Å². The summed E-state index contributed by atoms with van der Waals surface area (Å²) in [6, 6.07) is 6.07. The van der Waals surface area contributed by atoms with E-state index in [0.29, 0.717) is 35.2 Å². The molecule has 0 spiro atoms. The highest BCUT2D eigenvalue weighted by Crippen LogP contribution is 2.30. The van der Waals surface area contributed by atoms with E-state index < -0.39 is 0 Å². The predicted octanol–water partition coefficient (Wildman–Crippen LogP) is 1.75. The highest BCUT2D eigenvalue weighted by atomic mass is 32.1. The van der Waals surface area contributed by atoms with Crippen LogP contribution in [-0.2, 0) is 11.8 Å². The second-order valence-corrected chi connectivity index (χ2v) is 7.69. The second-order valence-electron chi connectivity index (χ2n) is 6.66. The van der Waals surface area contributed by atoms with Crippen LogP contribution in [0.1, 0.15) is 5.56 Å². The van der Waals surface area contributed by atoms with E-state index in [1.54, 1.807) is 11.7 Å². The maximum atomic E-state index is 12.5. The zero-order valence-electron chi connectivity index (χ0n) is 14.7. The Morgan fingerprint density at radius 1 is 1.30 bits per heavy atom. The third-order valence-electron chi connectivity index (χ3n) is 4.70. The summed E-state index contributed by atoms with van der Waals surface area (Å²) in [5, 5.41) is 11.7. The van der Waals surface area contributed by atoms with Crippen LogP contribution in [0.25, 0.3) is 21.4 Å². The van der Waals surface area contributed by atoms with Gasteiger partial charge in [0.2, 0.25) is 5.91 Å². The largest absolute Gasteiger partial charge is 0.353 e. The van der Waals surface area contributed by atoms with Gasteiger partial charge in [-0.25, -0.2) is 19.6 Å². The first kappa shape index (κ1) is 16.1. The van der Waals surface area contributed by atoms with Gasteiger partial charge in [-0.05, 0) is 24.6 Å². The van der Waals surface area contributed by atoms with Crippen molar-refractivity contribution in [2.45, 2.75) is 6.92 Å². The Kier molecular flexibility index (Phi) is 3.54. The molecule has 0 radical (unpaired) electrons. The van der Waals surface area contributed by atoms with Crippen molar-refractivity contribution in [2.75, 3.05) is 23.3 Å². The highest BCUT2D eigenvalue weighted by Gasteiger charge is 2.35. The monoisotopic (exact) mass is 380 g/mol. The van der Waals surface area contributed by atoms with Crippen LogP contribution in [0.15, 0.2) is 24.5 Å². The number of thiazole rings is 1. The fourth-order valence-corrected chi connectivity index (χ4v) is 4.15. The first-order valence-corrected chi connectivity index (χ1v) is 9.33. The quantitative estimate of drug-likeness (QED) is 0.578. The van der Waals surface area contributed by atoms with E-state index in [9.17, 15) is 4.79 Å². The van der Waals surface area contributed by atoms with Gasteiger partial charge in [-0.15, -0.1) is 5.10 Å². The van der Waals surface area contributed by atoms with Crippen LogP contribution in [-0.4, -0.2) is 48.9 Å². The number of hydrogen-bond acceptors (Lipinski definition) is 8. The van der Waals surface area contributed by atoms with Crippen LogP contribution >= 0.6 is 11.3 Å². The Labute approximate surface area is 158 Å². The first-order chi connectivity index (χ1) is 13.1. The minimum absolute atomic E-state index is 0.0218. The van der Waals surface area contributed by atoms with Crippen LogP contribution in [0.4, 0.5) is 10.9 Å². The number of carbonyl (C=O) groups is 1. The Bertz CT molecular complexity index is 1180. The molecule has 1 aliphatic rings. The molecule has 136 valence electrons. The van der Waals surface area contributed by atoms with E-state index in [-0.39, 0.29) is 11.8 Å². The van der Waals surface area contributed by atoms with Gasteiger partial charge in [0.15, 0.2) is 22.1 Å². The summed E-state index contributed by atoms with van der Waals surface area (Å²) in [6.07, 6.45) is 1.50. The molecule has 4 aromatic rings. The first-order valence-electron chi connectivity index (χ1n) is 8.52. The summed E-state index contributed by atoms with van der Waals surface area (Å²) in [6.45, 7) is 3.21. The molecule has 0 bridgehead atoms. The summed E-state index contributed by atoms with van der Waals surface area (Å²) < 4.78 is 2.69. The summed E-state index contributed by atoms with van der Waals surface area (Å²) in [7, 11) is 1.79. The molecule has 1 saturated heterocycles. The van der Waals surface area contributed by atoms with Gasteiger partial charge in [0.25, 0.3) is 0 Å². The third-order valence-corrected chi connectivity index (χ3v) is 5.63. The van der Waals surface area contributed by atoms with Gasteiger partial charge in [-0.2, -0.15) is 0 Å². The Morgan fingerprint density at radius 2 is 2.15 bits per heavy atom. The molecule has 1 N–H and O–H groups in total. The van der Waals surface area contributed by atoms with Crippen molar-refractivity contribution in [3.63, 3.8) is 0 Å². The standard InChI is InChI=1S/C17H16N8OS/c1-9-3-4-11-12(5-9)27-17(20-11)21-16(26)10-6-25(7-10)15-13-14(18-8-19-15)24(2)23-22-13/h3-5,8,10H,6-7H2,1-2H3,(H,20,21,26).